The van der Waals surface area contributed by atoms with E-state index < -0.39 is 0 Å². The smallest absolute Gasteiger partial charge is 0.251 e. The highest BCUT2D eigenvalue weighted by atomic mass is 19.1. The zero-order valence-electron chi connectivity index (χ0n) is 16.6. The molecule has 30 heavy (non-hydrogen) atoms. The molecular weight excluding hydrogens is 379 g/mol. The number of fused-ring (bicyclic) bond motifs is 2. The van der Waals surface area contributed by atoms with E-state index in [2.05, 4.69) is 5.32 Å². The molecule has 0 radical (unpaired) electrons. The highest BCUT2D eigenvalue weighted by Gasteiger charge is 2.37. The molecule has 0 bridgehead atoms. The van der Waals surface area contributed by atoms with E-state index in [1.54, 1.807) is 6.07 Å². The molecule has 5 heteroatoms. The lowest BCUT2D eigenvalue weighted by Gasteiger charge is -2.38. The highest BCUT2D eigenvalue weighted by molar-refractivity contribution is 5.98. The van der Waals surface area contributed by atoms with E-state index in [-0.39, 0.29) is 29.6 Å². The van der Waals surface area contributed by atoms with Gasteiger partial charge in [0.25, 0.3) is 5.91 Å². The predicted molar refractivity (Wildman–Crippen MR) is 114 cm³/mol. The number of carbonyl (C=O) groups excluding carboxylic acids is 2. The van der Waals surface area contributed by atoms with Gasteiger partial charge in [0.05, 0.1) is 5.92 Å². The Hall–Kier alpha value is -3.21. The van der Waals surface area contributed by atoms with Gasteiger partial charge in [-0.15, -0.1) is 0 Å². The molecule has 5 rings (SSSR count). The number of rotatable bonds is 3. The van der Waals surface area contributed by atoms with E-state index in [1.807, 2.05) is 47.4 Å². The molecule has 1 saturated heterocycles. The first-order valence-electron chi connectivity index (χ1n) is 10.5. The van der Waals surface area contributed by atoms with Crippen LogP contribution in [0.5, 0.6) is 0 Å². The number of benzene rings is 3. The summed E-state index contributed by atoms with van der Waals surface area (Å²) in [7, 11) is 0. The minimum atomic E-state index is -0.301. The molecule has 1 heterocycles. The van der Waals surface area contributed by atoms with Gasteiger partial charge >= 0.3 is 0 Å². The van der Waals surface area contributed by atoms with Gasteiger partial charge in [-0.2, -0.15) is 0 Å². The maximum absolute atomic E-state index is 13.6. The number of nitrogens with one attached hydrogen (secondary N) is 1. The van der Waals surface area contributed by atoms with Gasteiger partial charge in [0.15, 0.2) is 0 Å². The van der Waals surface area contributed by atoms with Gasteiger partial charge in [-0.25, -0.2) is 4.39 Å². The van der Waals surface area contributed by atoms with Crippen LogP contribution >= 0.6 is 0 Å². The van der Waals surface area contributed by atoms with Gasteiger partial charge in [0.2, 0.25) is 5.91 Å². The van der Waals surface area contributed by atoms with Crippen molar-refractivity contribution in [1.29, 1.82) is 0 Å². The van der Waals surface area contributed by atoms with Crippen molar-refractivity contribution in [3.63, 3.8) is 0 Å². The molecule has 1 fully saturated rings. The summed E-state index contributed by atoms with van der Waals surface area (Å²) in [6.45, 7) is 1.18. The standard InChI is InChI=1S/C25H23FN2O2/c26-20-10-9-18-13-23(22(18)14-20)25(30)28-11-3-6-21(15-28)27-24(29)19-8-7-16-4-1-2-5-17(16)12-19/h1-2,4-5,7-10,12,14,21,23H,3,6,11,13,15H2,(H,27,29). The summed E-state index contributed by atoms with van der Waals surface area (Å²) >= 11 is 0. The first-order valence-corrected chi connectivity index (χ1v) is 10.5. The Morgan fingerprint density at radius 3 is 2.70 bits per heavy atom. The van der Waals surface area contributed by atoms with Crippen LogP contribution in [-0.4, -0.2) is 35.8 Å². The van der Waals surface area contributed by atoms with Gasteiger partial charge in [0.1, 0.15) is 5.82 Å². The van der Waals surface area contributed by atoms with Crippen molar-refractivity contribution < 1.29 is 14.0 Å². The minimum absolute atomic E-state index is 0.0396. The number of hydrogen-bond donors (Lipinski definition) is 1. The lowest BCUT2D eigenvalue weighted by molar-refractivity contribution is -0.134. The Morgan fingerprint density at radius 1 is 1.00 bits per heavy atom. The first-order chi connectivity index (χ1) is 14.6. The monoisotopic (exact) mass is 402 g/mol. The molecule has 3 aromatic carbocycles. The van der Waals surface area contributed by atoms with Crippen molar-refractivity contribution in [3.8, 4) is 0 Å². The quantitative estimate of drug-likeness (QED) is 0.719. The SMILES string of the molecule is O=C(NC1CCCN(C(=O)C2Cc3ccc(F)cc32)C1)c1ccc2ccccc2c1. The lowest BCUT2D eigenvalue weighted by atomic mass is 9.76. The molecule has 2 atom stereocenters. The van der Waals surface area contributed by atoms with Crippen LogP contribution in [0.15, 0.2) is 60.7 Å². The largest absolute Gasteiger partial charge is 0.348 e. The summed E-state index contributed by atoms with van der Waals surface area (Å²) in [5, 5.41) is 5.22. The van der Waals surface area contributed by atoms with Crippen molar-refractivity contribution in [2.24, 2.45) is 0 Å². The third kappa shape index (κ3) is 3.45. The second-order valence-corrected chi connectivity index (χ2v) is 8.26. The molecule has 2 unspecified atom stereocenters. The van der Waals surface area contributed by atoms with Crippen LogP contribution in [0, 0.1) is 5.82 Å². The topological polar surface area (TPSA) is 49.4 Å². The number of carbonyl (C=O) groups is 2. The zero-order chi connectivity index (χ0) is 20.7. The molecule has 1 N–H and O–H groups in total. The molecule has 0 saturated carbocycles. The average Bonchev–Trinajstić information content (AvgIpc) is 2.75. The molecular formula is C25H23FN2O2. The van der Waals surface area contributed by atoms with Crippen LogP contribution in [0.3, 0.4) is 0 Å². The van der Waals surface area contributed by atoms with E-state index in [4.69, 9.17) is 0 Å². The summed E-state index contributed by atoms with van der Waals surface area (Å²) in [5.74, 6) is -0.634. The number of amides is 2. The van der Waals surface area contributed by atoms with Crippen molar-refractivity contribution in [3.05, 3.63) is 83.2 Å². The summed E-state index contributed by atoms with van der Waals surface area (Å²) in [6.07, 6.45) is 2.36. The van der Waals surface area contributed by atoms with Crippen molar-refractivity contribution in [1.82, 2.24) is 10.2 Å². The number of nitrogens with zero attached hydrogens (tertiary/aromatic N) is 1. The molecule has 1 aliphatic carbocycles. The molecule has 152 valence electrons. The number of piperidine rings is 1. The Balaban J connectivity index is 1.25. The van der Waals surface area contributed by atoms with Crippen molar-refractivity contribution in [2.75, 3.05) is 13.1 Å². The minimum Gasteiger partial charge on any atom is -0.348 e. The summed E-state index contributed by atoms with van der Waals surface area (Å²) in [5.41, 5.74) is 2.48. The summed E-state index contributed by atoms with van der Waals surface area (Å²) in [4.78, 5) is 27.6. The van der Waals surface area contributed by atoms with Crippen LogP contribution in [0.2, 0.25) is 0 Å². The number of likely N-dealkylation sites (tertiary alicyclic amines) is 1. The molecule has 3 aromatic rings. The van der Waals surface area contributed by atoms with Crippen LogP contribution in [0.1, 0.15) is 40.2 Å². The third-order valence-electron chi connectivity index (χ3n) is 6.29. The molecule has 0 spiro atoms. The molecule has 2 aliphatic rings. The Morgan fingerprint density at radius 2 is 1.83 bits per heavy atom. The van der Waals surface area contributed by atoms with E-state index >= 15 is 0 Å². The van der Waals surface area contributed by atoms with Gasteiger partial charge in [0, 0.05) is 24.7 Å². The number of halogens is 1. The third-order valence-corrected chi connectivity index (χ3v) is 6.29. The molecule has 2 amide bonds. The van der Waals surface area contributed by atoms with Crippen LogP contribution in [-0.2, 0) is 11.2 Å². The van der Waals surface area contributed by atoms with Gasteiger partial charge < -0.3 is 10.2 Å². The fourth-order valence-electron chi connectivity index (χ4n) is 4.61. The fourth-order valence-corrected chi connectivity index (χ4v) is 4.61. The summed E-state index contributed by atoms with van der Waals surface area (Å²) < 4.78 is 13.6. The molecule has 1 aliphatic heterocycles. The number of hydrogen-bond acceptors (Lipinski definition) is 2. The predicted octanol–water partition coefficient (Wildman–Crippen LogP) is 4.04. The van der Waals surface area contributed by atoms with Gasteiger partial charge in [-0.05, 0) is 65.4 Å². The second kappa shape index (κ2) is 7.56. The Kier molecular flexibility index (Phi) is 4.74. The normalized spacial score (nSPS) is 20.4. The van der Waals surface area contributed by atoms with Gasteiger partial charge in [-0.1, -0.05) is 36.4 Å². The van der Waals surface area contributed by atoms with E-state index in [0.717, 1.165) is 34.7 Å². The summed E-state index contributed by atoms with van der Waals surface area (Å²) in [6, 6.07) is 18.2. The Bertz CT molecular complexity index is 1140. The molecule has 4 nitrogen and oxygen atoms in total. The van der Waals surface area contributed by atoms with Crippen LogP contribution < -0.4 is 5.32 Å². The maximum Gasteiger partial charge on any atom is 0.251 e. The first kappa shape index (κ1) is 18.8. The van der Waals surface area contributed by atoms with E-state index in [1.165, 1.54) is 12.1 Å². The van der Waals surface area contributed by atoms with E-state index in [9.17, 15) is 14.0 Å². The van der Waals surface area contributed by atoms with Crippen LogP contribution in [0.4, 0.5) is 4.39 Å². The average molecular weight is 402 g/mol. The fraction of sp³-hybridized carbons (Fsp3) is 0.280. The van der Waals surface area contributed by atoms with Crippen molar-refractivity contribution in [2.45, 2.75) is 31.2 Å². The van der Waals surface area contributed by atoms with Crippen LogP contribution in [0.25, 0.3) is 10.8 Å². The Labute approximate surface area is 174 Å². The second-order valence-electron chi connectivity index (χ2n) is 8.26. The maximum atomic E-state index is 13.6. The molecule has 0 aromatic heterocycles. The highest BCUT2D eigenvalue weighted by Crippen LogP contribution is 2.37. The zero-order valence-corrected chi connectivity index (χ0v) is 16.6. The lowest BCUT2D eigenvalue weighted by Crippen LogP contribution is -2.51. The van der Waals surface area contributed by atoms with Crippen molar-refractivity contribution >= 4 is 22.6 Å². The van der Waals surface area contributed by atoms with E-state index in [0.29, 0.717) is 25.1 Å². The van der Waals surface area contributed by atoms with Gasteiger partial charge in [-0.3, -0.25) is 9.59 Å².